The molecule has 29 heavy (non-hydrogen) atoms. The summed E-state index contributed by atoms with van der Waals surface area (Å²) in [5.41, 5.74) is 4.57. The lowest BCUT2D eigenvalue weighted by Crippen LogP contribution is -2.29. The number of nitrogens with zero attached hydrogens (tertiary/aromatic N) is 3. The van der Waals surface area contributed by atoms with Gasteiger partial charge in [-0.05, 0) is 48.7 Å². The average molecular weight is 390 g/mol. The number of fused-ring (bicyclic) bond motifs is 2. The molecule has 1 aromatic heterocycles. The molecular weight excluding hydrogens is 364 g/mol. The largest absolute Gasteiger partial charge is 0.342 e. The van der Waals surface area contributed by atoms with Gasteiger partial charge in [0.25, 0.3) is 0 Å². The lowest BCUT2D eigenvalue weighted by molar-refractivity contribution is -0.125. The summed E-state index contributed by atoms with van der Waals surface area (Å²) in [5.74, 6) is 0.920. The van der Waals surface area contributed by atoms with Gasteiger partial charge in [0.05, 0.1) is 6.54 Å². The molecule has 0 fully saturated rings. The number of aryl methyl sites for hydroxylation is 1. The Morgan fingerprint density at radius 2 is 2.14 bits per heavy atom. The van der Waals surface area contributed by atoms with Crippen LogP contribution in [0.5, 0.6) is 0 Å². The van der Waals surface area contributed by atoms with E-state index in [2.05, 4.69) is 34.6 Å². The van der Waals surface area contributed by atoms with Gasteiger partial charge in [-0.3, -0.25) is 14.5 Å². The molecule has 2 heterocycles. The maximum atomic E-state index is 12.6. The Labute approximate surface area is 171 Å². The highest BCUT2D eigenvalue weighted by atomic mass is 16.2. The molecule has 1 aromatic carbocycles. The third-order valence-corrected chi connectivity index (χ3v) is 5.65. The number of carbonyl (C=O) groups is 2. The third-order valence-electron chi connectivity index (χ3n) is 5.65. The number of rotatable bonds is 4. The smallest absolute Gasteiger partial charge is 0.246 e. The van der Waals surface area contributed by atoms with Gasteiger partial charge in [-0.15, -0.1) is 0 Å². The first-order valence-corrected chi connectivity index (χ1v) is 9.98. The fourth-order valence-electron chi connectivity index (χ4n) is 4.17. The first-order chi connectivity index (χ1) is 14.0. The van der Waals surface area contributed by atoms with Gasteiger partial charge in [-0.2, -0.15) is 0 Å². The summed E-state index contributed by atoms with van der Waals surface area (Å²) in [6.45, 7) is 1.70. The molecule has 2 aliphatic rings. The minimum atomic E-state index is -0.0627. The number of hydrogen-bond donors (Lipinski definition) is 1. The second kappa shape index (κ2) is 8.17. The van der Waals surface area contributed by atoms with E-state index in [1.807, 2.05) is 25.1 Å². The molecule has 0 bridgehead atoms. The zero-order valence-corrected chi connectivity index (χ0v) is 16.9. The summed E-state index contributed by atoms with van der Waals surface area (Å²) < 4.78 is 0. The van der Waals surface area contributed by atoms with E-state index in [1.54, 1.807) is 23.2 Å². The van der Waals surface area contributed by atoms with Gasteiger partial charge in [0.2, 0.25) is 11.8 Å². The number of anilines is 1. The maximum Gasteiger partial charge on any atom is 0.246 e. The van der Waals surface area contributed by atoms with Crippen molar-refractivity contribution >= 4 is 23.7 Å². The normalized spacial score (nSPS) is 18.8. The second-order valence-corrected chi connectivity index (χ2v) is 7.98. The number of benzene rings is 1. The SMILES string of the molecule is CN1CC(=O)Nc2ncc(C=CC(=O)N(C)CC3CCc4ccccc43)cc2C1. The molecule has 6 nitrogen and oxygen atoms in total. The molecule has 150 valence electrons. The predicted molar refractivity (Wildman–Crippen MR) is 113 cm³/mol. The number of carbonyl (C=O) groups excluding carboxylic acids is 2. The van der Waals surface area contributed by atoms with Gasteiger partial charge in [0.1, 0.15) is 5.82 Å². The molecule has 0 saturated carbocycles. The van der Waals surface area contributed by atoms with Gasteiger partial charge in [0.15, 0.2) is 0 Å². The minimum Gasteiger partial charge on any atom is -0.342 e. The minimum absolute atomic E-state index is 0.0188. The van der Waals surface area contributed by atoms with Crippen molar-refractivity contribution in [2.24, 2.45) is 0 Å². The fraction of sp³-hybridized carbons (Fsp3) is 0.348. The van der Waals surface area contributed by atoms with Gasteiger partial charge < -0.3 is 10.2 Å². The summed E-state index contributed by atoms with van der Waals surface area (Å²) >= 11 is 0. The van der Waals surface area contributed by atoms with Crippen LogP contribution in [0.2, 0.25) is 0 Å². The molecule has 2 amide bonds. The van der Waals surface area contributed by atoms with Gasteiger partial charge in [-0.25, -0.2) is 4.98 Å². The van der Waals surface area contributed by atoms with Gasteiger partial charge in [0, 0.05) is 43.9 Å². The van der Waals surface area contributed by atoms with Crippen molar-refractivity contribution in [3.63, 3.8) is 0 Å². The topological polar surface area (TPSA) is 65.5 Å². The van der Waals surface area contributed by atoms with Crippen molar-refractivity contribution in [2.45, 2.75) is 25.3 Å². The molecular formula is C23H26N4O2. The molecule has 1 N–H and O–H groups in total. The molecule has 0 radical (unpaired) electrons. The van der Waals surface area contributed by atoms with E-state index in [0.29, 0.717) is 24.8 Å². The van der Waals surface area contributed by atoms with Gasteiger partial charge in [-0.1, -0.05) is 24.3 Å². The second-order valence-electron chi connectivity index (χ2n) is 7.98. The molecule has 4 rings (SSSR count). The van der Waals surface area contributed by atoms with Crippen molar-refractivity contribution < 1.29 is 9.59 Å². The van der Waals surface area contributed by atoms with Crippen LogP contribution in [0, 0.1) is 0 Å². The highest BCUT2D eigenvalue weighted by Gasteiger charge is 2.24. The lowest BCUT2D eigenvalue weighted by atomic mass is 10.0. The summed E-state index contributed by atoms with van der Waals surface area (Å²) in [6, 6.07) is 10.5. The molecule has 2 aromatic rings. The Kier molecular flexibility index (Phi) is 5.45. The first kappa shape index (κ1) is 19.3. The van der Waals surface area contributed by atoms with Crippen LogP contribution < -0.4 is 5.32 Å². The number of hydrogen-bond acceptors (Lipinski definition) is 4. The Morgan fingerprint density at radius 1 is 1.31 bits per heavy atom. The van der Waals surface area contributed by atoms with E-state index < -0.39 is 0 Å². The van der Waals surface area contributed by atoms with Crippen LogP contribution in [0.4, 0.5) is 5.82 Å². The van der Waals surface area contributed by atoms with E-state index >= 15 is 0 Å². The van der Waals surface area contributed by atoms with Crippen LogP contribution in [0.15, 0.2) is 42.6 Å². The van der Waals surface area contributed by atoms with E-state index in [-0.39, 0.29) is 11.8 Å². The summed E-state index contributed by atoms with van der Waals surface area (Å²) in [6.07, 6.45) is 7.26. The van der Waals surface area contributed by atoms with Crippen LogP contribution in [-0.2, 0) is 22.6 Å². The number of amides is 2. The average Bonchev–Trinajstić information content (AvgIpc) is 3.03. The first-order valence-electron chi connectivity index (χ1n) is 9.98. The quantitative estimate of drug-likeness (QED) is 0.816. The zero-order chi connectivity index (χ0) is 20.4. The molecule has 1 atom stereocenters. The highest BCUT2D eigenvalue weighted by Crippen LogP contribution is 2.33. The molecule has 1 unspecified atom stereocenters. The Bertz CT molecular complexity index is 969. The van der Waals surface area contributed by atoms with Crippen LogP contribution in [0.1, 0.15) is 34.6 Å². The zero-order valence-electron chi connectivity index (χ0n) is 16.9. The monoisotopic (exact) mass is 390 g/mol. The maximum absolute atomic E-state index is 12.6. The molecule has 0 spiro atoms. The van der Waals surface area contributed by atoms with Crippen LogP contribution in [0.3, 0.4) is 0 Å². The Morgan fingerprint density at radius 3 is 3.00 bits per heavy atom. The summed E-state index contributed by atoms with van der Waals surface area (Å²) in [7, 11) is 3.75. The van der Waals surface area contributed by atoms with Crippen molar-refractivity contribution in [1.82, 2.24) is 14.8 Å². The third kappa shape index (κ3) is 4.38. The predicted octanol–water partition coefficient (Wildman–Crippen LogP) is 2.67. The Balaban J connectivity index is 1.41. The molecule has 0 saturated heterocycles. The van der Waals surface area contributed by atoms with E-state index in [9.17, 15) is 9.59 Å². The fourth-order valence-corrected chi connectivity index (χ4v) is 4.17. The Hall–Kier alpha value is -2.99. The number of pyridine rings is 1. The number of nitrogens with one attached hydrogen (secondary N) is 1. The van der Waals surface area contributed by atoms with Crippen LogP contribution in [-0.4, -0.2) is 53.8 Å². The van der Waals surface area contributed by atoms with Crippen LogP contribution >= 0.6 is 0 Å². The van der Waals surface area contributed by atoms with Crippen molar-refractivity contribution in [2.75, 3.05) is 32.5 Å². The number of aromatic nitrogens is 1. The summed E-state index contributed by atoms with van der Waals surface area (Å²) in [5, 5.41) is 2.82. The molecule has 1 aliphatic heterocycles. The van der Waals surface area contributed by atoms with E-state index in [4.69, 9.17) is 0 Å². The van der Waals surface area contributed by atoms with Gasteiger partial charge >= 0.3 is 0 Å². The van der Waals surface area contributed by atoms with Crippen molar-refractivity contribution in [3.05, 3.63) is 64.9 Å². The van der Waals surface area contributed by atoms with Crippen LogP contribution in [0.25, 0.3) is 6.08 Å². The molecule has 1 aliphatic carbocycles. The lowest BCUT2D eigenvalue weighted by Gasteiger charge is -2.20. The standard InChI is InChI=1S/C23H26N4O2/c1-26-13-19-11-16(12-24-23(19)25-21(28)15-26)7-10-22(29)27(2)14-18-9-8-17-5-3-4-6-20(17)18/h3-7,10-12,18H,8-9,13-15H2,1-2H3,(H,24,25,28). The molecule has 6 heteroatoms. The highest BCUT2D eigenvalue weighted by molar-refractivity contribution is 5.93. The van der Waals surface area contributed by atoms with Crippen molar-refractivity contribution in [1.29, 1.82) is 0 Å². The van der Waals surface area contributed by atoms with E-state index in [1.165, 1.54) is 11.1 Å². The van der Waals surface area contributed by atoms with Crippen molar-refractivity contribution in [3.8, 4) is 0 Å². The number of likely N-dealkylation sites (N-methyl/N-ethyl adjacent to an activating group) is 2. The van der Waals surface area contributed by atoms with E-state index in [0.717, 1.165) is 30.5 Å². The summed E-state index contributed by atoms with van der Waals surface area (Å²) in [4.78, 5) is 32.5.